The lowest BCUT2D eigenvalue weighted by atomic mass is 10.1. The lowest BCUT2D eigenvalue weighted by Gasteiger charge is -2.27. The number of nitrogen functional groups attached to an aromatic ring is 1. The zero-order valence-electron chi connectivity index (χ0n) is 11.0. The lowest BCUT2D eigenvalue weighted by Crippen LogP contribution is -2.39. The summed E-state index contributed by atoms with van der Waals surface area (Å²) < 4.78 is 28.2. The van der Waals surface area contributed by atoms with E-state index in [1.54, 1.807) is 0 Å². The molecule has 12 heteroatoms. The molecule has 2 aliphatic heterocycles. The Labute approximate surface area is 123 Å². The Morgan fingerprint density at radius 3 is 3.05 bits per heavy atom. The molecule has 0 bridgehead atoms. The van der Waals surface area contributed by atoms with E-state index in [2.05, 4.69) is 19.5 Å². The number of aromatic nitrogens is 4. The number of ether oxygens (including phenoxy) is 1. The molecule has 0 aliphatic carbocycles. The Balaban J connectivity index is 1.71. The van der Waals surface area contributed by atoms with Crippen molar-refractivity contribution < 1.29 is 28.3 Å². The summed E-state index contributed by atoms with van der Waals surface area (Å²) in [5.41, 5.74) is 6.46. The number of nitrogens with two attached hydrogens (primary N) is 1. The van der Waals surface area contributed by atoms with Crippen molar-refractivity contribution in [3.8, 4) is 0 Å². The number of phosphoric acid groups is 1. The number of hydrogen-bond acceptors (Lipinski definition) is 9. The predicted molar refractivity (Wildman–Crippen MR) is 70.3 cm³/mol. The number of rotatable bonds is 1. The minimum Gasteiger partial charge on any atom is -0.386 e. The van der Waals surface area contributed by atoms with Gasteiger partial charge in [-0.25, -0.2) is 19.5 Å². The van der Waals surface area contributed by atoms with E-state index in [-0.39, 0.29) is 12.4 Å². The molecule has 2 aromatic heterocycles. The predicted octanol–water partition coefficient (Wildman–Crippen LogP) is -0.817. The van der Waals surface area contributed by atoms with Crippen LogP contribution in [-0.2, 0) is 18.3 Å². The fourth-order valence-electron chi connectivity index (χ4n) is 2.62. The van der Waals surface area contributed by atoms with E-state index in [0.29, 0.717) is 11.2 Å². The summed E-state index contributed by atoms with van der Waals surface area (Å²) in [5, 5.41) is 10.4. The molecule has 3 unspecified atom stereocenters. The molecule has 2 saturated heterocycles. The van der Waals surface area contributed by atoms with Crippen molar-refractivity contribution in [2.45, 2.75) is 24.5 Å². The fraction of sp³-hybridized carbons (Fsp3) is 0.500. The van der Waals surface area contributed by atoms with Gasteiger partial charge in [-0.15, -0.1) is 0 Å². The molecule has 2 aliphatic rings. The first-order valence-corrected chi connectivity index (χ1v) is 7.88. The van der Waals surface area contributed by atoms with E-state index < -0.39 is 32.4 Å². The molecule has 4 heterocycles. The summed E-state index contributed by atoms with van der Waals surface area (Å²) in [6.45, 7) is -0.157. The van der Waals surface area contributed by atoms with Crippen molar-refractivity contribution in [1.82, 2.24) is 19.5 Å². The molecule has 0 amide bonds. The van der Waals surface area contributed by atoms with Gasteiger partial charge in [-0.2, -0.15) is 0 Å². The zero-order chi connectivity index (χ0) is 15.5. The topological polar surface area (TPSA) is 155 Å². The van der Waals surface area contributed by atoms with Crippen LogP contribution in [-0.4, -0.2) is 54.4 Å². The van der Waals surface area contributed by atoms with E-state index in [4.69, 9.17) is 15.0 Å². The summed E-state index contributed by atoms with van der Waals surface area (Å²) >= 11 is 0. The van der Waals surface area contributed by atoms with E-state index in [1.807, 2.05) is 0 Å². The summed E-state index contributed by atoms with van der Waals surface area (Å²) in [7, 11) is -4.16. The van der Waals surface area contributed by atoms with Crippen molar-refractivity contribution in [1.29, 1.82) is 0 Å². The fourth-order valence-corrected chi connectivity index (χ4v) is 3.59. The number of aliphatic hydroxyl groups excluding tert-OH is 1. The van der Waals surface area contributed by atoms with E-state index >= 15 is 0 Å². The third-order valence-electron chi connectivity index (χ3n) is 3.63. The number of aliphatic hydroxyl groups is 1. The van der Waals surface area contributed by atoms with Crippen LogP contribution < -0.4 is 5.73 Å². The molecule has 22 heavy (non-hydrogen) atoms. The van der Waals surface area contributed by atoms with Crippen LogP contribution in [0.15, 0.2) is 12.7 Å². The number of fused-ring (bicyclic) bond motifs is 2. The molecule has 11 nitrogen and oxygen atoms in total. The molecule has 118 valence electrons. The van der Waals surface area contributed by atoms with Gasteiger partial charge in [0.2, 0.25) is 0 Å². The summed E-state index contributed by atoms with van der Waals surface area (Å²) in [6.07, 6.45) is -1.07. The van der Waals surface area contributed by atoms with Crippen LogP contribution in [0.2, 0.25) is 0 Å². The molecule has 4 rings (SSSR count). The highest BCUT2D eigenvalue weighted by Crippen LogP contribution is 2.52. The average molecular weight is 329 g/mol. The van der Waals surface area contributed by atoms with Gasteiger partial charge in [-0.3, -0.25) is 13.6 Å². The second-order valence-corrected chi connectivity index (χ2v) is 6.38. The third-order valence-corrected chi connectivity index (χ3v) is 4.61. The average Bonchev–Trinajstić information content (AvgIpc) is 3.01. The lowest BCUT2D eigenvalue weighted by molar-refractivity contribution is -0.0664. The molecule has 5 atom stereocenters. The Morgan fingerprint density at radius 1 is 1.41 bits per heavy atom. The normalized spacial score (nSPS) is 38.3. The molecular weight excluding hydrogens is 317 g/mol. The van der Waals surface area contributed by atoms with Crippen LogP contribution in [0.3, 0.4) is 0 Å². The second kappa shape index (κ2) is 4.69. The van der Waals surface area contributed by atoms with Gasteiger partial charge >= 0.3 is 7.82 Å². The number of hydrogen-bond donors (Lipinski definition) is 3. The first kappa shape index (κ1) is 14.0. The number of phosphoric ester groups is 1. The van der Waals surface area contributed by atoms with Gasteiger partial charge in [0, 0.05) is 0 Å². The van der Waals surface area contributed by atoms with Crippen LogP contribution in [0.5, 0.6) is 0 Å². The van der Waals surface area contributed by atoms with Crippen molar-refractivity contribution in [2.24, 2.45) is 0 Å². The molecule has 0 radical (unpaired) electrons. The maximum Gasteiger partial charge on any atom is 0.472 e. The van der Waals surface area contributed by atoms with Crippen LogP contribution in [0.1, 0.15) is 6.23 Å². The van der Waals surface area contributed by atoms with Gasteiger partial charge < -0.3 is 20.5 Å². The monoisotopic (exact) mass is 329 g/mol. The first-order valence-electron chi connectivity index (χ1n) is 6.38. The van der Waals surface area contributed by atoms with Crippen LogP contribution in [0, 0.1) is 0 Å². The minimum atomic E-state index is -4.16. The molecule has 2 aromatic rings. The number of anilines is 1. The first-order chi connectivity index (χ1) is 10.5. The SMILES string of the molecule is Nc1ncnc2c1ncn2[C@@H]1O[C@H]2COP(=O)(O)OC2C1O. The minimum absolute atomic E-state index is 0.157. The molecule has 4 N–H and O–H groups in total. The summed E-state index contributed by atoms with van der Waals surface area (Å²) in [6, 6.07) is 0. The van der Waals surface area contributed by atoms with Crippen molar-refractivity contribution in [3.05, 3.63) is 12.7 Å². The smallest absolute Gasteiger partial charge is 0.386 e. The molecule has 0 spiro atoms. The second-order valence-electron chi connectivity index (χ2n) is 4.97. The zero-order valence-corrected chi connectivity index (χ0v) is 11.9. The Kier molecular flexibility index (Phi) is 2.98. The summed E-state index contributed by atoms with van der Waals surface area (Å²) in [5.74, 6) is 0.202. The van der Waals surface area contributed by atoms with Crippen molar-refractivity contribution in [2.75, 3.05) is 12.3 Å². The standard InChI is InChI=1S/C10H12N5O6P/c11-8-5-9(13-2-12-8)15(3-14-5)10-6(16)7-4(20-10)1-19-22(17,18)21-7/h2-4,6-7,10,16H,1H2,(H,17,18)(H2,11,12,13)/t4-,6?,7?,10+/m0/s1. The van der Waals surface area contributed by atoms with Crippen molar-refractivity contribution >= 4 is 24.8 Å². The Bertz CT molecular complexity index is 782. The highest BCUT2D eigenvalue weighted by atomic mass is 31.2. The summed E-state index contributed by atoms with van der Waals surface area (Å²) in [4.78, 5) is 21.3. The van der Waals surface area contributed by atoms with Gasteiger partial charge in [0.1, 0.15) is 30.2 Å². The maximum absolute atomic E-state index is 11.5. The third kappa shape index (κ3) is 2.02. The Hall–Kier alpha value is -1.62. The molecule has 0 saturated carbocycles. The van der Waals surface area contributed by atoms with Gasteiger partial charge in [-0.1, -0.05) is 0 Å². The molecule has 2 fully saturated rings. The van der Waals surface area contributed by atoms with Gasteiger partial charge in [-0.05, 0) is 0 Å². The highest BCUT2D eigenvalue weighted by Gasteiger charge is 2.52. The number of imidazole rings is 1. The van der Waals surface area contributed by atoms with Crippen molar-refractivity contribution in [3.63, 3.8) is 0 Å². The molecular formula is C10H12N5O6P. The van der Waals surface area contributed by atoms with Crippen LogP contribution in [0.4, 0.5) is 5.82 Å². The van der Waals surface area contributed by atoms with E-state index in [0.717, 1.165) is 0 Å². The largest absolute Gasteiger partial charge is 0.472 e. The van der Waals surface area contributed by atoms with Crippen LogP contribution in [0.25, 0.3) is 11.2 Å². The van der Waals surface area contributed by atoms with Gasteiger partial charge in [0.05, 0.1) is 12.9 Å². The molecule has 0 aromatic carbocycles. The van der Waals surface area contributed by atoms with E-state index in [1.165, 1.54) is 17.2 Å². The number of nitrogens with zero attached hydrogens (tertiary/aromatic N) is 4. The highest BCUT2D eigenvalue weighted by molar-refractivity contribution is 7.47. The van der Waals surface area contributed by atoms with E-state index in [9.17, 15) is 14.6 Å². The van der Waals surface area contributed by atoms with Gasteiger partial charge in [0.25, 0.3) is 0 Å². The Morgan fingerprint density at radius 2 is 2.23 bits per heavy atom. The quantitative estimate of drug-likeness (QED) is 0.565. The van der Waals surface area contributed by atoms with Gasteiger partial charge in [0.15, 0.2) is 17.7 Å². The van der Waals surface area contributed by atoms with Crippen LogP contribution >= 0.6 is 7.82 Å². The maximum atomic E-state index is 11.5.